The number of alkyl halides is 3. The van der Waals surface area contributed by atoms with Gasteiger partial charge < -0.3 is 10.2 Å². The number of hydrogen-bond acceptors (Lipinski definition) is 2. The zero-order valence-electron chi connectivity index (χ0n) is 9.43. The number of furan rings is 1. The van der Waals surface area contributed by atoms with E-state index in [4.69, 9.17) is 10.2 Å². The van der Waals surface area contributed by atoms with Crippen LogP contribution in [-0.4, -0.2) is 0 Å². The molecule has 0 amide bonds. The Morgan fingerprint density at radius 2 is 1.76 bits per heavy atom. The molecule has 0 aliphatic carbocycles. The second kappa shape index (κ2) is 3.50. The van der Waals surface area contributed by atoms with Gasteiger partial charge in [-0.3, -0.25) is 0 Å². The highest BCUT2D eigenvalue weighted by molar-refractivity contribution is 5.79. The van der Waals surface area contributed by atoms with Crippen molar-refractivity contribution in [3.63, 3.8) is 0 Å². The molecule has 0 aliphatic rings. The molecule has 0 atom stereocenters. The lowest BCUT2D eigenvalue weighted by atomic mass is 10.0. The number of nitrogens with two attached hydrogens (primary N) is 1. The van der Waals surface area contributed by atoms with Gasteiger partial charge in [-0.2, -0.15) is 13.2 Å². The van der Waals surface area contributed by atoms with Crippen molar-refractivity contribution in [3.8, 4) is 0 Å². The van der Waals surface area contributed by atoms with E-state index in [1.807, 2.05) is 0 Å². The average Bonchev–Trinajstić information content (AvgIpc) is 2.57. The largest absolute Gasteiger partial charge is 0.459 e. The number of rotatable bonds is 1. The highest BCUT2D eigenvalue weighted by Gasteiger charge is 2.31. The molecule has 2 N–H and O–H groups in total. The van der Waals surface area contributed by atoms with Gasteiger partial charge in [-0.05, 0) is 32.0 Å². The molecule has 0 bridgehead atoms. The third kappa shape index (κ3) is 2.29. The van der Waals surface area contributed by atoms with Crippen molar-refractivity contribution in [2.24, 2.45) is 5.73 Å². The van der Waals surface area contributed by atoms with Gasteiger partial charge in [-0.15, -0.1) is 0 Å². The van der Waals surface area contributed by atoms with Gasteiger partial charge in [0.05, 0.1) is 11.1 Å². The Bertz CT molecular complexity index is 537. The molecule has 2 rings (SSSR count). The Hall–Kier alpha value is -1.49. The summed E-state index contributed by atoms with van der Waals surface area (Å²) in [6, 6.07) is 5.07. The van der Waals surface area contributed by atoms with Gasteiger partial charge in [0.2, 0.25) is 0 Å². The second-order valence-corrected chi connectivity index (χ2v) is 4.58. The van der Waals surface area contributed by atoms with E-state index >= 15 is 0 Å². The SMILES string of the molecule is CC(C)(N)c1cc2ccc(C(F)(F)F)cc2o1. The van der Waals surface area contributed by atoms with Gasteiger partial charge in [0, 0.05) is 5.39 Å². The quantitative estimate of drug-likeness (QED) is 0.830. The fourth-order valence-corrected chi connectivity index (χ4v) is 1.53. The maximum atomic E-state index is 12.5. The number of fused-ring (bicyclic) bond motifs is 1. The Labute approximate surface area is 96.2 Å². The van der Waals surface area contributed by atoms with Gasteiger partial charge in [0.15, 0.2) is 0 Å². The summed E-state index contributed by atoms with van der Waals surface area (Å²) in [5.74, 6) is 0.465. The molecule has 17 heavy (non-hydrogen) atoms. The van der Waals surface area contributed by atoms with Crippen LogP contribution < -0.4 is 5.73 Å². The van der Waals surface area contributed by atoms with Gasteiger partial charge in [0.25, 0.3) is 0 Å². The summed E-state index contributed by atoms with van der Waals surface area (Å²) in [6.45, 7) is 3.46. The summed E-state index contributed by atoms with van der Waals surface area (Å²) in [7, 11) is 0. The first-order valence-electron chi connectivity index (χ1n) is 5.08. The van der Waals surface area contributed by atoms with E-state index in [-0.39, 0.29) is 5.58 Å². The van der Waals surface area contributed by atoms with Crippen LogP contribution in [0.2, 0.25) is 0 Å². The minimum Gasteiger partial charge on any atom is -0.459 e. The van der Waals surface area contributed by atoms with Gasteiger partial charge in [-0.25, -0.2) is 0 Å². The molecule has 2 aromatic rings. The Morgan fingerprint density at radius 1 is 1.12 bits per heavy atom. The van der Waals surface area contributed by atoms with Crippen molar-refractivity contribution in [3.05, 3.63) is 35.6 Å². The lowest BCUT2D eigenvalue weighted by molar-refractivity contribution is -0.137. The molecule has 0 unspecified atom stereocenters. The fourth-order valence-electron chi connectivity index (χ4n) is 1.53. The van der Waals surface area contributed by atoms with Crippen LogP contribution in [0.3, 0.4) is 0 Å². The van der Waals surface area contributed by atoms with Crippen LogP contribution in [-0.2, 0) is 11.7 Å². The zero-order chi connectivity index (χ0) is 12.8. The van der Waals surface area contributed by atoms with Crippen molar-refractivity contribution in [1.29, 1.82) is 0 Å². The van der Waals surface area contributed by atoms with Crippen LogP contribution in [0.5, 0.6) is 0 Å². The molecule has 0 radical (unpaired) electrons. The second-order valence-electron chi connectivity index (χ2n) is 4.58. The standard InChI is InChI=1S/C12H12F3NO/c1-11(2,16)10-5-7-3-4-8(12(13,14)15)6-9(7)17-10/h3-6H,16H2,1-2H3. The van der Waals surface area contributed by atoms with E-state index in [9.17, 15) is 13.2 Å². The predicted octanol–water partition coefficient (Wildman–Crippen LogP) is 3.65. The molecule has 1 aromatic heterocycles. The monoisotopic (exact) mass is 243 g/mol. The lowest BCUT2D eigenvalue weighted by Crippen LogP contribution is -2.27. The summed E-state index contributed by atoms with van der Waals surface area (Å²) in [6.07, 6.45) is -4.36. The van der Waals surface area contributed by atoms with Crippen LogP contribution >= 0.6 is 0 Å². The summed E-state index contributed by atoms with van der Waals surface area (Å²) in [5, 5.41) is 0.617. The molecule has 92 valence electrons. The molecule has 5 heteroatoms. The average molecular weight is 243 g/mol. The van der Waals surface area contributed by atoms with Crippen molar-refractivity contribution >= 4 is 11.0 Å². The zero-order valence-corrected chi connectivity index (χ0v) is 9.43. The first kappa shape index (κ1) is 12.0. The number of hydrogen-bond donors (Lipinski definition) is 1. The predicted molar refractivity (Wildman–Crippen MR) is 58.4 cm³/mol. The third-order valence-corrected chi connectivity index (χ3v) is 2.48. The maximum absolute atomic E-state index is 12.5. The molecule has 0 aliphatic heterocycles. The van der Waals surface area contributed by atoms with Crippen molar-refractivity contribution in [1.82, 2.24) is 0 Å². The minimum absolute atomic E-state index is 0.202. The molecule has 0 spiro atoms. The smallest absolute Gasteiger partial charge is 0.416 e. The van der Waals surface area contributed by atoms with Gasteiger partial charge >= 0.3 is 6.18 Å². The molecule has 0 fully saturated rings. The van der Waals surface area contributed by atoms with Crippen LogP contribution in [0.1, 0.15) is 25.2 Å². The molecule has 0 saturated carbocycles. The topological polar surface area (TPSA) is 39.2 Å². The summed E-state index contributed by atoms with van der Waals surface area (Å²) in [5.41, 5.74) is 4.60. The molecule has 1 heterocycles. The van der Waals surface area contributed by atoms with E-state index < -0.39 is 17.3 Å². The molecular weight excluding hydrogens is 231 g/mol. The van der Waals surface area contributed by atoms with Crippen molar-refractivity contribution in [2.45, 2.75) is 25.6 Å². The first-order valence-corrected chi connectivity index (χ1v) is 5.08. The maximum Gasteiger partial charge on any atom is 0.416 e. The molecule has 1 aromatic carbocycles. The van der Waals surface area contributed by atoms with Crippen LogP contribution in [0.4, 0.5) is 13.2 Å². The Balaban J connectivity index is 2.56. The molecule has 2 nitrogen and oxygen atoms in total. The Morgan fingerprint density at radius 3 is 2.29 bits per heavy atom. The molecular formula is C12H12F3NO. The van der Waals surface area contributed by atoms with E-state index in [2.05, 4.69) is 0 Å². The van der Waals surface area contributed by atoms with E-state index in [0.717, 1.165) is 12.1 Å². The van der Waals surface area contributed by atoms with Gasteiger partial charge in [0.1, 0.15) is 11.3 Å². The van der Waals surface area contributed by atoms with Crippen LogP contribution in [0, 0.1) is 0 Å². The summed E-state index contributed by atoms with van der Waals surface area (Å²) >= 11 is 0. The number of halogens is 3. The van der Waals surface area contributed by atoms with Gasteiger partial charge in [-0.1, -0.05) is 6.07 Å². The fraction of sp³-hybridized carbons (Fsp3) is 0.333. The van der Waals surface area contributed by atoms with E-state index in [1.54, 1.807) is 19.9 Å². The van der Waals surface area contributed by atoms with Crippen molar-refractivity contribution in [2.75, 3.05) is 0 Å². The van der Waals surface area contributed by atoms with E-state index in [1.165, 1.54) is 6.07 Å². The highest BCUT2D eigenvalue weighted by Crippen LogP contribution is 2.33. The van der Waals surface area contributed by atoms with Crippen LogP contribution in [0.15, 0.2) is 28.7 Å². The minimum atomic E-state index is -4.36. The normalized spacial score (nSPS) is 13.3. The van der Waals surface area contributed by atoms with Crippen molar-refractivity contribution < 1.29 is 17.6 Å². The first-order chi connectivity index (χ1) is 7.68. The number of benzene rings is 1. The Kier molecular flexibility index (Phi) is 2.47. The summed E-state index contributed by atoms with van der Waals surface area (Å²) < 4.78 is 42.8. The van der Waals surface area contributed by atoms with Crippen LogP contribution in [0.25, 0.3) is 11.0 Å². The molecule has 0 saturated heterocycles. The third-order valence-electron chi connectivity index (χ3n) is 2.48. The summed E-state index contributed by atoms with van der Waals surface area (Å²) in [4.78, 5) is 0. The van der Waals surface area contributed by atoms with E-state index in [0.29, 0.717) is 11.1 Å². The lowest BCUT2D eigenvalue weighted by Gasteiger charge is -2.13. The highest BCUT2D eigenvalue weighted by atomic mass is 19.4.